The second-order valence-electron chi connectivity index (χ2n) is 4.59. The van der Waals surface area contributed by atoms with Crippen LogP contribution in [0.4, 0.5) is 10.1 Å². The zero-order chi connectivity index (χ0) is 13.7. The van der Waals surface area contributed by atoms with Crippen molar-refractivity contribution in [1.82, 2.24) is 0 Å². The summed E-state index contributed by atoms with van der Waals surface area (Å²) in [4.78, 5) is 11.4. The predicted octanol–water partition coefficient (Wildman–Crippen LogP) is 3.46. The second kappa shape index (κ2) is 6.38. The number of halogens is 1. The molecule has 1 atom stereocenters. The average molecular weight is 253 g/mol. The van der Waals surface area contributed by atoms with Crippen molar-refractivity contribution >= 4 is 11.7 Å². The van der Waals surface area contributed by atoms with Crippen molar-refractivity contribution in [3.8, 4) is 0 Å². The molecule has 1 rings (SSSR count). The number of carbonyl (C=O) groups excluding carboxylic acids is 1. The Morgan fingerprint density at radius 2 is 2.11 bits per heavy atom. The lowest BCUT2D eigenvalue weighted by Crippen LogP contribution is -2.24. The molecule has 0 saturated carbocycles. The first-order valence-electron chi connectivity index (χ1n) is 6.14. The number of carbonyl (C=O) groups is 1. The van der Waals surface area contributed by atoms with Gasteiger partial charge in [-0.1, -0.05) is 20.8 Å². The quantitative estimate of drug-likeness (QED) is 0.817. The Bertz CT molecular complexity index is 418. The Morgan fingerprint density at radius 3 is 2.61 bits per heavy atom. The van der Waals surface area contributed by atoms with Gasteiger partial charge in [-0.05, 0) is 30.5 Å². The Balaban J connectivity index is 2.94. The van der Waals surface area contributed by atoms with Crippen LogP contribution in [-0.2, 0) is 4.74 Å². The molecule has 1 N–H and O–H groups in total. The molecule has 3 nitrogen and oxygen atoms in total. The van der Waals surface area contributed by atoms with Gasteiger partial charge in [0.15, 0.2) is 0 Å². The summed E-state index contributed by atoms with van der Waals surface area (Å²) in [5, 5.41) is 3.30. The molecule has 100 valence electrons. The number of hydrogen-bond acceptors (Lipinski definition) is 3. The van der Waals surface area contributed by atoms with Gasteiger partial charge in [0, 0.05) is 11.7 Å². The summed E-state index contributed by atoms with van der Waals surface area (Å²) >= 11 is 0. The Labute approximate surface area is 107 Å². The maximum atomic E-state index is 13.5. The lowest BCUT2D eigenvalue weighted by Gasteiger charge is -2.22. The maximum Gasteiger partial charge on any atom is 0.340 e. The molecule has 1 aromatic rings. The number of methoxy groups -OCH3 is 1. The monoisotopic (exact) mass is 253 g/mol. The highest BCUT2D eigenvalue weighted by molar-refractivity contribution is 5.90. The van der Waals surface area contributed by atoms with Crippen LogP contribution >= 0.6 is 0 Å². The smallest absolute Gasteiger partial charge is 0.340 e. The molecule has 1 unspecified atom stereocenters. The number of anilines is 1. The summed E-state index contributed by atoms with van der Waals surface area (Å²) in [6, 6.07) is 4.70. The van der Waals surface area contributed by atoms with E-state index in [9.17, 15) is 9.18 Å². The summed E-state index contributed by atoms with van der Waals surface area (Å²) in [6.07, 6.45) is 0.961. The van der Waals surface area contributed by atoms with Crippen LogP contribution in [0.5, 0.6) is 0 Å². The van der Waals surface area contributed by atoms with Crippen molar-refractivity contribution in [2.24, 2.45) is 5.92 Å². The highest BCUT2D eigenvalue weighted by Crippen LogP contribution is 2.19. The van der Waals surface area contributed by atoms with Gasteiger partial charge in [0.2, 0.25) is 0 Å². The van der Waals surface area contributed by atoms with E-state index in [1.54, 1.807) is 6.07 Å². The third-order valence-electron chi connectivity index (χ3n) is 2.97. The molecule has 0 spiro atoms. The van der Waals surface area contributed by atoms with Crippen LogP contribution in [0.1, 0.15) is 37.6 Å². The fraction of sp³-hybridized carbons (Fsp3) is 0.500. The minimum Gasteiger partial charge on any atom is -0.465 e. The van der Waals surface area contributed by atoms with Crippen LogP contribution < -0.4 is 5.32 Å². The standard InChI is InChI=1S/C14H20FNO2/c1-5-13(9(2)3)16-10-6-7-12(15)11(8-10)14(17)18-4/h6-9,13,16H,5H2,1-4H3. The van der Waals surface area contributed by atoms with E-state index >= 15 is 0 Å². The van der Waals surface area contributed by atoms with Gasteiger partial charge in [0.25, 0.3) is 0 Å². The highest BCUT2D eigenvalue weighted by atomic mass is 19.1. The lowest BCUT2D eigenvalue weighted by atomic mass is 10.0. The fourth-order valence-electron chi connectivity index (χ4n) is 1.84. The van der Waals surface area contributed by atoms with Gasteiger partial charge in [0.05, 0.1) is 12.7 Å². The minimum absolute atomic E-state index is 0.0406. The van der Waals surface area contributed by atoms with Crippen molar-refractivity contribution in [3.63, 3.8) is 0 Å². The van der Waals surface area contributed by atoms with Crippen molar-refractivity contribution in [3.05, 3.63) is 29.6 Å². The predicted molar refractivity (Wildman–Crippen MR) is 70.3 cm³/mol. The van der Waals surface area contributed by atoms with Gasteiger partial charge in [0.1, 0.15) is 5.82 Å². The lowest BCUT2D eigenvalue weighted by molar-refractivity contribution is 0.0595. The molecule has 0 bridgehead atoms. The number of hydrogen-bond donors (Lipinski definition) is 1. The van der Waals surface area contributed by atoms with Crippen LogP contribution in [0.25, 0.3) is 0 Å². The molecular formula is C14H20FNO2. The molecule has 18 heavy (non-hydrogen) atoms. The Kier molecular flexibility index (Phi) is 5.13. The zero-order valence-electron chi connectivity index (χ0n) is 11.3. The van der Waals surface area contributed by atoms with E-state index < -0.39 is 11.8 Å². The Morgan fingerprint density at radius 1 is 1.44 bits per heavy atom. The number of ether oxygens (including phenoxy) is 1. The van der Waals surface area contributed by atoms with Gasteiger partial charge in [-0.2, -0.15) is 0 Å². The molecule has 0 aliphatic rings. The second-order valence-corrected chi connectivity index (χ2v) is 4.59. The normalized spacial score (nSPS) is 12.3. The van der Waals surface area contributed by atoms with Gasteiger partial charge in [-0.15, -0.1) is 0 Å². The van der Waals surface area contributed by atoms with Crippen molar-refractivity contribution in [2.45, 2.75) is 33.2 Å². The van der Waals surface area contributed by atoms with E-state index in [4.69, 9.17) is 0 Å². The molecular weight excluding hydrogens is 233 g/mol. The number of benzene rings is 1. The van der Waals surface area contributed by atoms with Gasteiger partial charge >= 0.3 is 5.97 Å². The fourth-order valence-corrected chi connectivity index (χ4v) is 1.84. The number of rotatable bonds is 5. The molecule has 0 fully saturated rings. The molecule has 0 heterocycles. The molecule has 0 aromatic heterocycles. The van der Waals surface area contributed by atoms with Gasteiger partial charge in [-0.3, -0.25) is 0 Å². The molecule has 4 heteroatoms. The van der Waals surface area contributed by atoms with Gasteiger partial charge in [-0.25, -0.2) is 9.18 Å². The van der Waals surface area contributed by atoms with Gasteiger partial charge < -0.3 is 10.1 Å². The van der Waals surface area contributed by atoms with Crippen molar-refractivity contribution in [1.29, 1.82) is 0 Å². The summed E-state index contributed by atoms with van der Waals surface area (Å²) in [6.45, 7) is 6.32. The topological polar surface area (TPSA) is 38.3 Å². The SMILES string of the molecule is CCC(Nc1ccc(F)c(C(=O)OC)c1)C(C)C. The minimum atomic E-state index is -0.659. The first-order valence-corrected chi connectivity index (χ1v) is 6.14. The average Bonchev–Trinajstić information content (AvgIpc) is 2.36. The first-order chi connectivity index (χ1) is 8.49. The largest absolute Gasteiger partial charge is 0.465 e. The van der Waals surface area contributed by atoms with E-state index in [0.717, 1.165) is 12.1 Å². The van der Waals surface area contributed by atoms with E-state index in [1.807, 2.05) is 0 Å². The zero-order valence-corrected chi connectivity index (χ0v) is 11.3. The van der Waals surface area contributed by atoms with Crippen molar-refractivity contribution in [2.75, 3.05) is 12.4 Å². The van der Waals surface area contributed by atoms with Crippen LogP contribution in [0, 0.1) is 11.7 Å². The third-order valence-corrected chi connectivity index (χ3v) is 2.97. The molecule has 0 radical (unpaired) electrons. The summed E-state index contributed by atoms with van der Waals surface area (Å²) in [5.41, 5.74) is 0.693. The van der Waals surface area contributed by atoms with Crippen LogP contribution in [0.15, 0.2) is 18.2 Å². The highest BCUT2D eigenvalue weighted by Gasteiger charge is 2.15. The van der Waals surface area contributed by atoms with Crippen LogP contribution in [0.2, 0.25) is 0 Å². The summed E-state index contributed by atoms with van der Waals surface area (Å²) < 4.78 is 18.0. The van der Waals surface area contributed by atoms with Crippen molar-refractivity contribution < 1.29 is 13.9 Å². The maximum absolute atomic E-state index is 13.5. The van der Waals surface area contributed by atoms with E-state index in [-0.39, 0.29) is 5.56 Å². The first kappa shape index (κ1) is 14.5. The van der Waals surface area contributed by atoms with E-state index in [1.165, 1.54) is 19.2 Å². The van der Waals surface area contributed by atoms with Crippen LogP contribution in [-0.4, -0.2) is 19.1 Å². The number of nitrogens with one attached hydrogen (secondary N) is 1. The summed E-state index contributed by atoms with van der Waals surface area (Å²) in [7, 11) is 1.24. The molecule has 1 aromatic carbocycles. The third kappa shape index (κ3) is 3.45. The number of esters is 1. The van der Waals surface area contributed by atoms with E-state index in [2.05, 4.69) is 30.8 Å². The molecule has 0 aliphatic carbocycles. The summed E-state index contributed by atoms with van der Waals surface area (Å²) in [5.74, 6) is -0.764. The molecule has 0 saturated heterocycles. The molecule has 0 aliphatic heterocycles. The Hall–Kier alpha value is -1.58. The van der Waals surface area contributed by atoms with Crippen LogP contribution in [0.3, 0.4) is 0 Å². The van der Waals surface area contributed by atoms with E-state index in [0.29, 0.717) is 12.0 Å². The molecule has 0 amide bonds.